The van der Waals surface area contributed by atoms with E-state index in [2.05, 4.69) is 5.32 Å². The van der Waals surface area contributed by atoms with E-state index < -0.39 is 15.9 Å². The number of carbonyl (C=O) groups excluding carboxylic acids is 1. The average Bonchev–Trinajstić information content (AvgIpc) is 2.24. The quantitative estimate of drug-likeness (QED) is 0.890. The van der Waals surface area contributed by atoms with Gasteiger partial charge in [-0.15, -0.1) is 0 Å². The minimum Gasteiger partial charge on any atom is -0.493 e. The molecular formula is C13H20N2O4S. The van der Waals surface area contributed by atoms with Crippen LogP contribution in [0.15, 0.2) is 17.0 Å². The van der Waals surface area contributed by atoms with E-state index >= 15 is 0 Å². The number of carbonyl (C=O) groups is 1. The summed E-state index contributed by atoms with van der Waals surface area (Å²) in [6, 6.07) is 2.44. The number of nitrogens with two attached hydrogens (primary N) is 1. The predicted octanol–water partition coefficient (Wildman–Crippen LogP) is 1.89. The fourth-order valence-corrected chi connectivity index (χ4v) is 2.62. The van der Waals surface area contributed by atoms with Crippen molar-refractivity contribution in [3.8, 4) is 5.75 Å². The van der Waals surface area contributed by atoms with Gasteiger partial charge >= 0.3 is 6.03 Å². The molecule has 0 aliphatic heterocycles. The molecular weight excluding hydrogens is 280 g/mol. The highest BCUT2D eigenvalue weighted by atomic mass is 32.2. The summed E-state index contributed by atoms with van der Waals surface area (Å²) in [6.45, 7) is 5.82. The predicted molar refractivity (Wildman–Crippen MR) is 78.0 cm³/mol. The second-order valence-electron chi connectivity index (χ2n) is 5.57. The highest BCUT2D eigenvalue weighted by molar-refractivity contribution is 7.90. The summed E-state index contributed by atoms with van der Waals surface area (Å²) < 4.78 is 28.9. The average molecular weight is 300 g/mol. The van der Waals surface area contributed by atoms with Crippen LogP contribution in [0.3, 0.4) is 0 Å². The van der Waals surface area contributed by atoms with Crippen molar-refractivity contribution < 1.29 is 17.9 Å². The zero-order valence-electron chi connectivity index (χ0n) is 12.3. The Balaban J connectivity index is 3.69. The van der Waals surface area contributed by atoms with Gasteiger partial charge in [-0.05, 0) is 23.1 Å². The number of amides is 2. The number of methoxy groups -OCH3 is 1. The summed E-state index contributed by atoms with van der Waals surface area (Å²) in [5.74, 6) is 0.0827. The third kappa shape index (κ3) is 3.63. The van der Waals surface area contributed by atoms with Gasteiger partial charge < -0.3 is 15.8 Å². The monoisotopic (exact) mass is 300 g/mol. The Morgan fingerprint density at radius 1 is 1.30 bits per heavy atom. The molecule has 1 rings (SSSR count). The number of sulfone groups is 1. The lowest BCUT2D eigenvalue weighted by Gasteiger charge is -2.23. The second kappa shape index (κ2) is 5.32. The molecule has 0 spiro atoms. The first-order valence-corrected chi connectivity index (χ1v) is 7.85. The number of ether oxygens (including phenoxy) is 1. The summed E-state index contributed by atoms with van der Waals surface area (Å²) in [6.07, 6.45) is 1.09. The second-order valence-corrected chi connectivity index (χ2v) is 7.55. The normalized spacial score (nSPS) is 12.1. The number of urea groups is 1. The maximum atomic E-state index is 11.9. The Morgan fingerprint density at radius 3 is 2.20 bits per heavy atom. The third-order valence-corrected chi connectivity index (χ3v) is 3.88. The molecule has 0 bridgehead atoms. The number of nitrogens with one attached hydrogen (secondary N) is 1. The van der Waals surface area contributed by atoms with Gasteiger partial charge in [-0.2, -0.15) is 0 Å². The first-order chi connectivity index (χ1) is 8.96. The molecule has 112 valence electrons. The number of hydrogen-bond donors (Lipinski definition) is 2. The fraction of sp³-hybridized carbons (Fsp3) is 0.462. The number of rotatable bonds is 3. The van der Waals surface area contributed by atoms with E-state index in [-0.39, 0.29) is 21.7 Å². The van der Waals surface area contributed by atoms with Gasteiger partial charge in [0.25, 0.3) is 0 Å². The zero-order chi connectivity index (χ0) is 15.7. The summed E-state index contributed by atoms with van der Waals surface area (Å²) >= 11 is 0. The molecule has 6 nitrogen and oxygen atoms in total. The molecule has 3 N–H and O–H groups in total. The molecule has 0 aromatic heterocycles. The molecule has 0 saturated carbocycles. The van der Waals surface area contributed by atoms with E-state index in [1.54, 1.807) is 12.1 Å². The number of hydrogen-bond acceptors (Lipinski definition) is 4. The molecule has 0 aliphatic carbocycles. The molecule has 0 fully saturated rings. The molecule has 0 aliphatic rings. The molecule has 20 heavy (non-hydrogen) atoms. The largest absolute Gasteiger partial charge is 0.493 e. The highest BCUT2D eigenvalue weighted by Crippen LogP contribution is 2.37. The Hall–Kier alpha value is -1.76. The lowest BCUT2D eigenvalue weighted by molar-refractivity contribution is 0.259. The van der Waals surface area contributed by atoms with Gasteiger partial charge in [-0.1, -0.05) is 20.8 Å². The smallest absolute Gasteiger partial charge is 0.316 e. The van der Waals surface area contributed by atoms with Crippen molar-refractivity contribution in [2.75, 3.05) is 18.7 Å². The van der Waals surface area contributed by atoms with Gasteiger partial charge in [0.05, 0.1) is 12.8 Å². The summed E-state index contributed by atoms with van der Waals surface area (Å²) in [5.41, 5.74) is 5.82. The topological polar surface area (TPSA) is 98.5 Å². The minimum atomic E-state index is -3.50. The summed E-state index contributed by atoms with van der Waals surface area (Å²) in [5, 5.41) is 2.40. The molecule has 2 amide bonds. The number of anilines is 1. The van der Waals surface area contributed by atoms with Crippen molar-refractivity contribution >= 4 is 21.6 Å². The van der Waals surface area contributed by atoms with E-state index in [1.165, 1.54) is 7.11 Å². The molecule has 0 heterocycles. The van der Waals surface area contributed by atoms with Crippen molar-refractivity contribution in [3.05, 3.63) is 17.7 Å². The van der Waals surface area contributed by atoms with Gasteiger partial charge in [0, 0.05) is 6.26 Å². The maximum Gasteiger partial charge on any atom is 0.316 e. The van der Waals surface area contributed by atoms with Crippen LogP contribution in [0.5, 0.6) is 5.75 Å². The van der Waals surface area contributed by atoms with Crippen molar-refractivity contribution in [1.82, 2.24) is 0 Å². The molecule has 7 heteroatoms. The number of primary amides is 1. The molecule has 1 aromatic carbocycles. The highest BCUT2D eigenvalue weighted by Gasteiger charge is 2.24. The fourth-order valence-electron chi connectivity index (χ4n) is 1.75. The van der Waals surface area contributed by atoms with Crippen molar-refractivity contribution in [2.24, 2.45) is 5.73 Å². The zero-order valence-corrected chi connectivity index (χ0v) is 13.1. The van der Waals surface area contributed by atoms with E-state index in [1.807, 2.05) is 20.8 Å². The lowest BCUT2D eigenvalue weighted by atomic mass is 9.86. The van der Waals surface area contributed by atoms with Crippen LogP contribution in [0.25, 0.3) is 0 Å². The molecule has 0 unspecified atom stereocenters. The Bertz CT molecular complexity index is 631. The van der Waals surface area contributed by atoms with Crippen LogP contribution in [-0.2, 0) is 15.3 Å². The third-order valence-electron chi connectivity index (χ3n) is 2.78. The van der Waals surface area contributed by atoms with Gasteiger partial charge in [0.2, 0.25) is 0 Å². The van der Waals surface area contributed by atoms with Crippen molar-refractivity contribution in [2.45, 2.75) is 31.1 Å². The van der Waals surface area contributed by atoms with Gasteiger partial charge in [0.15, 0.2) is 15.6 Å². The van der Waals surface area contributed by atoms with E-state index in [9.17, 15) is 13.2 Å². The SMILES string of the molecule is COc1c(NC(N)=O)cc(C(C)(C)C)cc1S(C)(=O)=O. The van der Waals surface area contributed by atoms with Crippen molar-refractivity contribution in [1.29, 1.82) is 0 Å². The van der Waals surface area contributed by atoms with Crippen LogP contribution in [0.1, 0.15) is 26.3 Å². The minimum absolute atomic E-state index is 0.0242. The lowest BCUT2D eigenvalue weighted by Crippen LogP contribution is -2.21. The van der Waals surface area contributed by atoms with Crippen LogP contribution in [0.4, 0.5) is 10.5 Å². The van der Waals surface area contributed by atoms with Crippen LogP contribution in [0.2, 0.25) is 0 Å². The molecule has 1 aromatic rings. The Morgan fingerprint density at radius 2 is 1.85 bits per heavy atom. The standard InChI is InChI=1S/C13H20N2O4S/c1-13(2,3)8-6-9(15-12(14)16)11(19-4)10(7-8)20(5,17)18/h6-7H,1-5H3,(H3,14,15,16). The van der Waals surface area contributed by atoms with Crippen LogP contribution in [-0.4, -0.2) is 27.8 Å². The van der Waals surface area contributed by atoms with E-state index in [4.69, 9.17) is 10.5 Å². The molecule has 0 saturated heterocycles. The van der Waals surface area contributed by atoms with Gasteiger partial charge in [-0.3, -0.25) is 0 Å². The maximum absolute atomic E-state index is 11.9. The first-order valence-electron chi connectivity index (χ1n) is 5.96. The van der Waals surface area contributed by atoms with E-state index in [0.717, 1.165) is 11.8 Å². The number of benzene rings is 1. The van der Waals surface area contributed by atoms with Crippen molar-refractivity contribution in [3.63, 3.8) is 0 Å². The summed E-state index contributed by atoms with van der Waals surface area (Å²) in [7, 11) is -2.16. The van der Waals surface area contributed by atoms with Gasteiger partial charge in [-0.25, -0.2) is 13.2 Å². The van der Waals surface area contributed by atoms with Crippen LogP contribution in [0, 0.1) is 0 Å². The first kappa shape index (κ1) is 16.3. The molecule has 0 atom stereocenters. The summed E-state index contributed by atoms with van der Waals surface area (Å²) in [4.78, 5) is 11.1. The van der Waals surface area contributed by atoms with E-state index in [0.29, 0.717) is 0 Å². The van der Waals surface area contributed by atoms with Crippen LogP contribution >= 0.6 is 0 Å². The van der Waals surface area contributed by atoms with Crippen LogP contribution < -0.4 is 15.8 Å². The Kier molecular flexibility index (Phi) is 4.33. The van der Waals surface area contributed by atoms with Gasteiger partial charge in [0.1, 0.15) is 4.90 Å². The molecule has 0 radical (unpaired) electrons. The Labute approximate surface area is 119 Å².